The van der Waals surface area contributed by atoms with E-state index in [9.17, 15) is 4.79 Å². The van der Waals surface area contributed by atoms with Crippen molar-refractivity contribution in [2.45, 2.75) is 12.6 Å². The molecule has 29 heavy (non-hydrogen) atoms. The van der Waals surface area contributed by atoms with Gasteiger partial charge in [0.25, 0.3) is 0 Å². The van der Waals surface area contributed by atoms with E-state index in [0.29, 0.717) is 17.1 Å². The van der Waals surface area contributed by atoms with Crippen molar-refractivity contribution < 1.29 is 9.21 Å². The van der Waals surface area contributed by atoms with Crippen molar-refractivity contribution in [2.24, 2.45) is 0 Å². The van der Waals surface area contributed by atoms with Gasteiger partial charge in [-0.25, -0.2) is 9.78 Å². The molecule has 0 atom stereocenters. The molecule has 2 aromatic heterocycles. The molecule has 0 aliphatic rings. The van der Waals surface area contributed by atoms with Crippen molar-refractivity contribution in [3.05, 3.63) is 108 Å². The van der Waals surface area contributed by atoms with Crippen LogP contribution >= 0.6 is 0 Å². The minimum Gasteiger partial charge on any atom is -0.463 e. The Bertz CT molecular complexity index is 1010. The maximum absolute atomic E-state index is 12.7. The van der Waals surface area contributed by atoms with Gasteiger partial charge < -0.3 is 15.1 Å². The Labute approximate surface area is 168 Å². The molecule has 4 aromatic rings. The number of urea groups is 1. The molecule has 2 amide bonds. The number of benzene rings is 2. The molecule has 0 aliphatic heterocycles. The lowest BCUT2D eigenvalue weighted by molar-refractivity contribution is 0.238. The first kappa shape index (κ1) is 18.4. The van der Waals surface area contributed by atoms with Gasteiger partial charge in [0.05, 0.1) is 24.5 Å². The van der Waals surface area contributed by atoms with Crippen molar-refractivity contribution in [1.29, 1.82) is 0 Å². The zero-order chi connectivity index (χ0) is 19.9. The van der Waals surface area contributed by atoms with E-state index in [1.807, 2.05) is 66.7 Å². The Morgan fingerprint density at radius 2 is 1.52 bits per heavy atom. The molecule has 6 heteroatoms. The third-order valence-corrected chi connectivity index (χ3v) is 4.49. The normalized spacial score (nSPS) is 10.7. The van der Waals surface area contributed by atoms with Crippen LogP contribution in [0.4, 0.5) is 4.79 Å². The Kier molecular flexibility index (Phi) is 5.62. The molecular weight excluding hydrogens is 364 g/mol. The molecule has 0 unspecified atom stereocenters. The quantitative estimate of drug-likeness (QED) is 0.519. The van der Waals surface area contributed by atoms with E-state index in [0.717, 1.165) is 11.1 Å². The topological polar surface area (TPSA) is 80.1 Å². The highest BCUT2D eigenvalue weighted by molar-refractivity contribution is 5.75. The highest BCUT2D eigenvalue weighted by Crippen LogP contribution is 2.22. The molecule has 0 saturated heterocycles. The Morgan fingerprint density at radius 1 is 0.862 bits per heavy atom. The summed E-state index contributed by atoms with van der Waals surface area (Å²) in [7, 11) is 0. The SMILES string of the molecule is O=C(NCc1nccnc1-c1ccco1)NC(c1ccccc1)c1ccccc1. The zero-order valence-electron chi connectivity index (χ0n) is 15.7. The average molecular weight is 384 g/mol. The third-order valence-electron chi connectivity index (χ3n) is 4.49. The minimum atomic E-state index is -0.293. The van der Waals surface area contributed by atoms with Gasteiger partial charge in [-0.1, -0.05) is 60.7 Å². The fourth-order valence-corrected chi connectivity index (χ4v) is 3.11. The van der Waals surface area contributed by atoms with Crippen molar-refractivity contribution in [3.63, 3.8) is 0 Å². The van der Waals surface area contributed by atoms with Crippen LogP contribution in [-0.2, 0) is 6.54 Å². The van der Waals surface area contributed by atoms with Crippen LogP contribution in [0, 0.1) is 0 Å². The molecule has 2 aromatic carbocycles. The van der Waals surface area contributed by atoms with Gasteiger partial charge >= 0.3 is 6.03 Å². The van der Waals surface area contributed by atoms with Gasteiger partial charge in [0.2, 0.25) is 0 Å². The first-order valence-electron chi connectivity index (χ1n) is 9.29. The van der Waals surface area contributed by atoms with Gasteiger partial charge in [-0.2, -0.15) is 0 Å². The van der Waals surface area contributed by atoms with Crippen LogP contribution in [0.3, 0.4) is 0 Å². The van der Waals surface area contributed by atoms with Crippen LogP contribution < -0.4 is 10.6 Å². The van der Waals surface area contributed by atoms with E-state index in [1.54, 1.807) is 24.7 Å². The molecule has 144 valence electrons. The molecule has 0 fully saturated rings. The largest absolute Gasteiger partial charge is 0.463 e. The van der Waals surface area contributed by atoms with Crippen LogP contribution in [0.5, 0.6) is 0 Å². The van der Waals surface area contributed by atoms with Gasteiger partial charge in [0, 0.05) is 12.4 Å². The predicted octanol–water partition coefficient (Wildman–Crippen LogP) is 4.33. The summed E-state index contributed by atoms with van der Waals surface area (Å²) in [5, 5.41) is 5.93. The van der Waals surface area contributed by atoms with Crippen LogP contribution in [0.2, 0.25) is 0 Å². The Morgan fingerprint density at radius 3 is 2.14 bits per heavy atom. The lowest BCUT2D eigenvalue weighted by atomic mass is 9.99. The molecule has 6 nitrogen and oxygen atoms in total. The number of carbonyl (C=O) groups is 1. The van der Waals surface area contributed by atoms with Crippen molar-refractivity contribution in [2.75, 3.05) is 0 Å². The number of nitrogens with one attached hydrogen (secondary N) is 2. The number of furan rings is 1. The number of hydrogen-bond acceptors (Lipinski definition) is 4. The molecule has 0 spiro atoms. The second-order valence-corrected chi connectivity index (χ2v) is 6.41. The highest BCUT2D eigenvalue weighted by atomic mass is 16.3. The fraction of sp³-hybridized carbons (Fsp3) is 0.0870. The molecule has 2 heterocycles. The molecule has 0 radical (unpaired) electrons. The molecule has 0 bridgehead atoms. The van der Waals surface area contributed by atoms with Gasteiger partial charge in [0.15, 0.2) is 5.76 Å². The first-order valence-corrected chi connectivity index (χ1v) is 9.29. The molecule has 0 saturated carbocycles. The van der Waals surface area contributed by atoms with Crippen LogP contribution in [-0.4, -0.2) is 16.0 Å². The standard InChI is InChI=1S/C23H20N4O2/c28-23(26-16-19-22(25-14-13-24-19)20-12-7-15-29-20)27-21(17-8-3-1-4-9-17)18-10-5-2-6-11-18/h1-15,21H,16H2,(H2,26,27,28). The summed E-state index contributed by atoms with van der Waals surface area (Å²) < 4.78 is 5.42. The predicted molar refractivity (Wildman–Crippen MR) is 110 cm³/mol. The monoisotopic (exact) mass is 384 g/mol. The Balaban J connectivity index is 1.49. The van der Waals surface area contributed by atoms with E-state index >= 15 is 0 Å². The average Bonchev–Trinajstić information content (AvgIpc) is 3.32. The van der Waals surface area contributed by atoms with Crippen molar-refractivity contribution in [3.8, 4) is 11.5 Å². The molecule has 4 rings (SSSR count). The first-order chi connectivity index (χ1) is 14.3. The van der Waals surface area contributed by atoms with Crippen LogP contribution in [0.1, 0.15) is 22.9 Å². The van der Waals surface area contributed by atoms with Gasteiger partial charge in [-0.15, -0.1) is 0 Å². The van der Waals surface area contributed by atoms with E-state index in [2.05, 4.69) is 20.6 Å². The van der Waals surface area contributed by atoms with Gasteiger partial charge in [-0.05, 0) is 23.3 Å². The van der Waals surface area contributed by atoms with Crippen LogP contribution in [0.15, 0.2) is 95.9 Å². The maximum Gasteiger partial charge on any atom is 0.315 e. The maximum atomic E-state index is 12.7. The summed E-state index contributed by atoms with van der Waals surface area (Å²) >= 11 is 0. The summed E-state index contributed by atoms with van der Waals surface area (Å²) in [5.41, 5.74) is 3.25. The molecular formula is C23H20N4O2. The number of amides is 2. The van der Waals surface area contributed by atoms with Crippen molar-refractivity contribution >= 4 is 6.03 Å². The summed E-state index contributed by atoms with van der Waals surface area (Å²) in [6.07, 6.45) is 4.78. The van der Waals surface area contributed by atoms with Crippen molar-refractivity contribution in [1.82, 2.24) is 20.6 Å². The van der Waals surface area contributed by atoms with E-state index < -0.39 is 0 Å². The number of rotatable bonds is 6. The number of hydrogen-bond donors (Lipinski definition) is 2. The van der Waals surface area contributed by atoms with E-state index in [1.165, 1.54) is 0 Å². The summed E-state index contributed by atoms with van der Waals surface area (Å²) in [6, 6.07) is 22.8. The number of nitrogens with zero attached hydrogens (tertiary/aromatic N) is 2. The Hall–Kier alpha value is -3.93. The summed E-state index contributed by atoms with van der Waals surface area (Å²) in [6.45, 7) is 0.228. The molecule has 2 N–H and O–H groups in total. The fourth-order valence-electron chi connectivity index (χ4n) is 3.11. The summed E-state index contributed by atoms with van der Waals surface area (Å²) in [4.78, 5) is 21.3. The smallest absolute Gasteiger partial charge is 0.315 e. The lowest BCUT2D eigenvalue weighted by Gasteiger charge is -2.20. The van der Waals surface area contributed by atoms with Gasteiger partial charge in [-0.3, -0.25) is 4.98 Å². The molecule has 0 aliphatic carbocycles. The second kappa shape index (κ2) is 8.84. The van der Waals surface area contributed by atoms with E-state index in [-0.39, 0.29) is 18.6 Å². The van der Waals surface area contributed by atoms with Crippen LogP contribution in [0.25, 0.3) is 11.5 Å². The minimum absolute atomic E-state index is 0.228. The second-order valence-electron chi connectivity index (χ2n) is 6.41. The summed E-state index contributed by atoms with van der Waals surface area (Å²) in [5.74, 6) is 0.613. The third kappa shape index (κ3) is 4.50. The zero-order valence-corrected chi connectivity index (χ0v) is 15.7. The lowest BCUT2D eigenvalue weighted by Crippen LogP contribution is -2.38. The number of aromatic nitrogens is 2. The van der Waals surface area contributed by atoms with Gasteiger partial charge in [0.1, 0.15) is 5.69 Å². The van der Waals surface area contributed by atoms with E-state index in [4.69, 9.17) is 4.42 Å². The highest BCUT2D eigenvalue weighted by Gasteiger charge is 2.17. The number of carbonyl (C=O) groups excluding carboxylic acids is 1.